The summed E-state index contributed by atoms with van der Waals surface area (Å²) in [4.78, 5) is 0. The average Bonchev–Trinajstić information content (AvgIpc) is 0. The monoisotopic (exact) mass is 405 g/mol. The van der Waals surface area contributed by atoms with Crippen LogP contribution in [0.4, 0.5) is 18.8 Å². The molecule has 0 heterocycles. The Morgan fingerprint density at radius 2 is 0.571 bits per heavy atom. The van der Waals surface area contributed by atoms with Gasteiger partial charge < -0.3 is 0 Å². The van der Waals surface area contributed by atoms with E-state index in [1.54, 1.807) is 0 Å². The summed E-state index contributed by atoms with van der Waals surface area (Å²) in [5.41, 5.74) is 0. The van der Waals surface area contributed by atoms with Crippen molar-refractivity contribution < 1.29 is 51.5 Å². The summed E-state index contributed by atoms with van der Waals surface area (Å²) in [7, 11) is 0. The van der Waals surface area contributed by atoms with Crippen molar-refractivity contribution in [1.29, 1.82) is 0 Å². The Bertz CT molecular complexity index is 11.7. The van der Waals surface area contributed by atoms with E-state index in [1.807, 2.05) is 0 Å². The maximum Gasteiger partial charge on any atom is 0 e. The largest absolute Gasteiger partial charge is 0 e. The van der Waals surface area contributed by atoms with Crippen LogP contribution in [0.3, 0.4) is 0 Å². The van der Waals surface area contributed by atoms with Crippen LogP contribution in [0.5, 0.6) is 0 Å². The Kier molecular flexibility index (Phi) is 1010. The van der Waals surface area contributed by atoms with Gasteiger partial charge in [0, 0.05) is 32.7 Å². The van der Waals surface area contributed by atoms with Crippen molar-refractivity contribution >= 4 is 55.8 Å². The fourth-order valence-electron chi connectivity index (χ4n) is 0. The molecule has 0 N–H and O–H groups in total. The molecule has 0 aliphatic carbocycles. The normalized spacial score (nSPS) is 0. The van der Waals surface area contributed by atoms with Crippen LogP contribution in [-0.2, 0) is 32.7 Å². The van der Waals surface area contributed by atoms with E-state index in [1.165, 1.54) is 0 Å². The number of rotatable bonds is 0. The topological polar surface area (TPSA) is 0 Å². The minimum atomic E-state index is 0. The van der Waals surface area contributed by atoms with Gasteiger partial charge >= 0.3 is 55.8 Å². The van der Waals surface area contributed by atoms with Gasteiger partial charge in [0.25, 0.3) is 0 Å². The van der Waals surface area contributed by atoms with Crippen molar-refractivity contribution in [1.82, 2.24) is 0 Å². The molecule has 0 aromatic carbocycles. The predicted molar refractivity (Wildman–Crippen MR) is 27.1 cm³/mol. The molecule has 7 heteroatoms. The Labute approximate surface area is 105 Å². The summed E-state index contributed by atoms with van der Waals surface area (Å²) in [5, 5.41) is 0. The van der Waals surface area contributed by atoms with Gasteiger partial charge in [-0.3, -0.25) is 18.8 Å². The van der Waals surface area contributed by atoms with Crippen molar-refractivity contribution in [3.63, 3.8) is 0 Å². The second-order valence-corrected chi connectivity index (χ2v) is 0. The van der Waals surface area contributed by atoms with E-state index < -0.39 is 0 Å². The van der Waals surface area contributed by atoms with Gasteiger partial charge in [-0.05, 0) is 0 Å². The molecule has 1 radical (unpaired) electrons. The van der Waals surface area contributed by atoms with Crippen molar-refractivity contribution in [3.05, 3.63) is 0 Å². The Morgan fingerprint density at radius 1 is 0.571 bits per heavy atom. The van der Waals surface area contributed by atoms with Gasteiger partial charge in [-0.25, -0.2) is 0 Å². The molecule has 0 aliphatic rings. The zero-order valence-corrected chi connectivity index (χ0v) is 11.3. The summed E-state index contributed by atoms with van der Waals surface area (Å²) < 4.78 is 0. The van der Waals surface area contributed by atoms with Crippen molar-refractivity contribution in [2.75, 3.05) is 0 Å². The summed E-state index contributed by atoms with van der Waals surface area (Å²) in [6, 6.07) is 0. The summed E-state index contributed by atoms with van der Waals surface area (Å²) in [6.07, 6.45) is 0. The molecule has 0 amide bonds. The van der Waals surface area contributed by atoms with Crippen LogP contribution in [-0.4, -0.2) is 55.8 Å². The molecular formula is H8BiF4NaY. The predicted octanol–water partition coefficient (Wildman–Crippen LogP) is -1.22. The fraction of sp³-hybridized carbons (Fsp3) is 0. The fourth-order valence-corrected chi connectivity index (χ4v) is 0. The van der Waals surface area contributed by atoms with Crippen molar-refractivity contribution in [3.8, 4) is 0 Å². The molecule has 0 rings (SSSR count). The Balaban J connectivity index is 0. The van der Waals surface area contributed by atoms with Gasteiger partial charge in [0.2, 0.25) is 0 Å². The SMILES string of the molecule is F.F.F.F.[BiH3].[NaH].[Y]. The van der Waals surface area contributed by atoms with E-state index in [0.717, 1.165) is 0 Å². The molecule has 0 saturated heterocycles. The zero-order valence-electron chi connectivity index (χ0n) is 2.92. The van der Waals surface area contributed by atoms with Crippen LogP contribution >= 0.6 is 0 Å². The molecule has 45 valence electrons. The first-order valence-corrected chi connectivity index (χ1v) is 0. The first-order chi connectivity index (χ1) is 0. The molecule has 0 fully saturated rings. The molecule has 0 nitrogen and oxygen atoms in total. The molecule has 7 heavy (non-hydrogen) atoms. The average molecular weight is 405 g/mol. The van der Waals surface area contributed by atoms with E-state index in [9.17, 15) is 0 Å². The van der Waals surface area contributed by atoms with Crippen molar-refractivity contribution in [2.45, 2.75) is 0 Å². The van der Waals surface area contributed by atoms with Gasteiger partial charge in [-0.1, -0.05) is 0 Å². The Hall–Kier alpha value is 2.71. The van der Waals surface area contributed by atoms with E-state index in [2.05, 4.69) is 0 Å². The van der Waals surface area contributed by atoms with Crippen LogP contribution in [0, 0.1) is 0 Å². The van der Waals surface area contributed by atoms with Crippen LogP contribution < -0.4 is 0 Å². The molecule has 0 saturated carbocycles. The summed E-state index contributed by atoms with van der Waals surface area (Å²) >= 11 is 0. The molecule has 0 aliphatic heterocycles. The maximum absolute atomic E-state index is 0. The van der Waals surface area contributed by atoms with E-state index in [0.29, 0.717) is 0 Å². The zero-order chi connectivity index (χ0) is 0. The second kappa shape index (κ2) is 70.6. The van der Waals surface area contributed by atoms with Crippen LogP contribution in [0.15, 0.2) is 0 Å². The smallest absolute Gasteiger partial charge is 0 e. The minimum Gasteiger partial charge on any atom is 0 e. The number of hydrogen-bond donors (Lipinski definition) is 0. The summed E-state index contributed by atoms with van der Waals surface area (Å²) in [5.74, 6) is 0. The van der Waals surface area contributed by atoms with Gasteiger partial charge in [-0.15, -0.1) is 0 Å². The summed E-state index contributed by atoms with van der Waals surface area (Å²) in [6.45, 7) is 0. The standard InChI is InChI=1S/Bi.4FH.Na.Y.4H/h;4*1H;;;;;;. The molecule has 0 aromatic rings. The quantitative estimate of drug-likeness (QED) is 0.350. The van der Waals surface area contributed by atoms with Crippen LogP contribution in [0.1, 0.15) is 0 Å². The Morgan fingerprint density at radius 3 is 0.571 bits per heavy atom. The maximum atomic E-state index is 0. The third-order valence-corrected chi connectivity index (χ3v) is 0. The van der Waals surface area contributed by atoms with Gasteiger partial charge in [-0.2, -0.15) is 0 Å². The van der Waals surface area contributed by atoms with E-state index >= 15 is 0 Å². The number of hydrogen-bond acceptors (Lipinski definition) is 0. The molecule has 0 unspecified atom stereocenters. The molecule has 0 spiro atoms. The third kappa shape index (κ3) is 53.4. The van der Waals surface area contributed by atoms with E-state index in [4.69, 9.17) is 0 Å². The minimum absolute atomic E-state index is 0. The molecule has 0 bridgehead atoms. The van der Waals surface area contributed by atoms with Gasteiger partial charge in [0.05, 0.1) is 0 Å². The first kappa shape index (κ1) is 100. The first-order valence-electron chi connectivity index (χ1n) is 0. The van der Waals surface area contributed by atoms with Gasteiger partial charge in [0.1, 0.15) is 0 Å². The molecule has 0 aromatic heterocycles. The van der Waals surface area contributed by atoms with E-state index in [-0.39, 0.29) is 107 Å². The number of halogens is 4. The van der Waals surface area contributed by atoms with Crippen LogP contribution in [0.25, 0.3) is 0 Å². The third-order valence-electron chi connectivity index (χ3n) is 0. The van der Waals surface area contributed by atoms with Gasteiger partial charge in [0.15, 0.2) is 0 Å². The second-order valence-electron chi connectivity index (χ2n) is 0. The molecular weight excluding hydrogens is 397 g/mol. The van der Waals surface area contributed by atoms with Crippen LogP contribution in [0.2, 0.25) is 0 Å². The van der Waals surface area contributed by atoms with Crippen molar-refractivity contribution in [2.24, 2.45) is 0 Å². The molecule has 0 atom stereocenters.